The topological polar surface area (TPSA) is 70.2 Å². The lowest BCUT2D eigenvalue weighted by molar-refractivity contribution is -0.114. The molecule has 3 N–H and O–H groups in total. The average molecular weight is 339 g/mol. The van der Waals surface area contributed by atoms with Crippen LogP contribution in [0.15, 0.2) is 42.5 Å². The van der Waals surface area contributed by atoms with Crippen molar-refractivity contribution in [3.05, 3.63) is 59.2 Å². The van der Waals surface area contributed by atoms with Gasteiger partial charge in [-0.25, -0.2) is 0 Å². The third kappa shape index (κ3) is 5.64. The Morgan fingerprint density at radius 1 is 1.00 bits per heavy atom. The molecule has 2 aromatic rings. The van der Waals surface area contributed by atoms with Gasteiger partial charge < -0.3 is 16.0 Å². The summed E-state index contributed by atoms with van der Waals surface area (Å²) in [5, 5.41) is 8.78. The summed E-state index contributed by atoms with van der Waals surface area (Å²) in [6.07, 6.45) is 0.896. The van der Waals surface area contributed by atoms with Crippen molar-refractivity contribution in [2.45, 2.75) is 27.2 Å². The molecule has 132 valence electrons. The van der Waals surface area contributed by atoms with Crippen molar-refractivity contribution in [1.29, 1.82) is 0 Å². The molecular formula is C20H25N3O2. The molecule has 5 nitrogen and oxygen atoms in total. The highest BCUT2D eigenvalue weighted by atomic mass is 16.2. The second kappa shape index (κ2) is 8.87. The summed E-state index contributed by atoms with van der Waals surface area (Å²) in [4.78, 5) is 23.9. The molecule has 0 aliphatic carbocycles. The molecule has 0 saturated carbocycles. The Labute approximate surface area is 148 Å². The largest absolute Gasteiger partial charge is 0.376 e. The maximum absolute atomic E-state index is 12.1. The van der Waals surface area contributed by atoms with Gasteiger partial charge in [-0.2, -0.15) is 0 Å². The Balaban J connectivity index is 1.87. The monoisotopic (exact) mass is 339 g/mol. The van der Waals surface area contributed by atoms with Gasteiger partial charge >= 0.3 is 0 Å². The Kier molecular flexibility index (Phi) is 6.57. The number of anilines is 2. The van der Waals surface area contributed by atoms with E-state index in [1.165, 1.54) is 5.56 Å². The maximum Gasteiger partial charge on any atom is 0.251 e. The molecule has 0 aliphatic heterocycles. The molecule has 0 heterocycles. The average Bonchev–Trinajstić information content (AvgIpc) is 2.59. The summed E-state index contributed by atoms with van der Waals surface area (Å²) in [6, 6.07) is 12.9. The van der Waals surface area contributed by atoms with Crippen molar-refractivity contribution >= 4 is 23.2 Å². The van der Waals surface area contributed by atoms with Crippen LogP contribution >= 0.6 is 0 Å². The Bertz CT molecular complexity index is 739. The van der Waals surface area contributed by atoms with Crippen molar-refractivity contribution in [1.82, 2.24) is 5.32 Å². The first-order valence-electron chi connectivity index (χ1n) is 8.49. The first-order valence-corrected chi connectivity index (χ1v) is 8.49. The van der Waals surface area contributed by atoms with Crippen LogP contribution in [0.25, 0.3) is 0 Å². The fourth-order valence-corrected chi connectivity index (χ4v) is 2.44. The molecule has 0 aromatic heterocycles. The second-order valence-electron chi connectivity index (χ2n) is 6.05. The Hall–Kier alpha value is -2.82. The smallest absolute Gasteiger partial charge is 0.251 e. The van der Waals surface area contributed by atoms with Crippen LogP contribution in [-0.2, 0) is 4.79 Å². The van der Waals surface area contributed by atoms with Crippen LogP contribution in [0.1, 0.15) is 34.8 Å². The van der Waals surface area contributed by atoms with E-state index in [2.05, 4.69) is 22.0 Å². The van der Waals surface area contributed by atoms with Crippen LogP contribution < -0.4 is 16.0 Å². The third-order valence-corrected chi connectivity index (χ3v) is 3.79. The molecular weight excluding hydrogens is 314 g/mol. The minimum absolute atomic E-state index is 0.101. The molecule has 2 amide bonds. The molecule has 25 heavy (non-hydrogen) atoms. The van der Waals surface area contributed by atoms with Gasteiger partial charge in [0.1, 0.15) is 0 Å². The van der Waals surface area contributed by atoms with Gasteiger partial charge in [0.2, 0.25) is 5.91 Å². The van der Waals surface area contributed by atoms with Crippen molar-refractivity contribution in [3.63, 3.8) is 0 Å². The summed E-state index contributed by atoms with van der Waals surface area (Å²) < 4.78 is 0. The number of hydrogen-bond acceptors (Lipinski definition) is 3. The van der Waals surface area contributed by atoms with Crippen LogP contribution in [0.2, 0.25) is 0 Å². The van der Waals surface area contributed by atoms with Gasteiger partial charge in [-0.1, -0.05) is 24.6 Å². The first-order chi connectivity index (χ1) is 12.0. The lowest BCUT2D eigenvalue weighted by Gasteiger charge is -2.11. The molecule has 0 fully saturated rings. The summed E-state index contributed by atoms with van der Waals surface area (Å²) in [5.74, 6) is -0.237. The number of carbonyl (C=O) groups excluding carboxylic acids is 2. The second-order valence-corrected chi connectivity index (χ2v) is 6.05. The molecule has 0 radical (unpaired) electrons. The third-order valence-electron chi connectivity index (χ3n) is 3.79. The zero-order valence-electron chi connectivity index (χ0n) is 15.0. The van der Waals surface area contributed by atoms with Crippen LogP contribution in [0.5, 0.6) is 0 Å². The Morgan fingerprint density at radius 2 is 1.72 bits per heavy atom. The van der Waals surface area contributed by atoms with E-state index < -0.39 is 0 Å². The molecule has 0 bridgehead atoms. The lowest BCUT2D eigenvalue weighted by Crippen LogP contribution is -2.24. The van der Waals surface area contributed by atoms with Gasteiger partial charge in [0.25, 0.3) is 5.91 Å². The minimum atomic E-state index is -0.136. The highest BCUT2D eigenvalue weighted by Crippen LogP contribution is 2.16. The number of rotatable bonds is 7. The zero-order valence-corrected chi connectivity index (χ0v) is 15.0. The highest BCUT2D eigenvalue weighted by Gasteiger charge is 2.07. The van der Waals surface area contributed by atoms with E-state index in [1.54, 1.807) is 24.3 Å². The minimum Gasteiger partial charge on any atom is -0.376 e. The fourth-order valence-electron chi connectivity index (χ4n) is 2.44. The molecule has 5 heteroatoms. The summed E-state index contributed by atoms with van der Waals surface area (Å²) in [5.41, 5.74) is 4.49. The van der Waals surface area contributed by atoms with Gasteiger partial charge in [0, 0.05) is 23.5 Å². The van der Waals surface area contributed by atoms with E-state index >= 15 is 0 Å². The quantitative estimate of drug-likeness (QED) is 0.723. The first kappa shape index (κ1) is 18.5. The van der Waals surface area contributed by atoms with Gasteiger partial charge in [-0.3, -0.25) is 9.59 Å². The Morgan fingerprint density at radius 3 is 2.36 bits per heavy atom. The van der Waals surface area contributed by atoms with E-state index in [-0.39, 0.29) is 18.4 Å². The van der Waals surface area contributed by atoms with Crippen molar-refractivity contribution in [2.24, 2.45) is 0 Å². The van der Waals surface area contributed by atoms with Crippen LogP contribution in [0.3, 0.4) is 0 Å². The number of nitrogens with one attached hydrogen (secondary N) is 3. The van der Waals surface area contributed by atoms with Crippen molar-refractivity contribution < 1.29 is 9.59 Å². The van der Waals surface area contributed by atoms with E-state index in [4.69, 9.17) is 0 Å². The SMILES string of the molecule is CCCNC(=O)c1ccc(NC(=O)CNc2ccc(C)cc2C)cc1. The molecule has 0 aliphatic rings. The number of aryl methyl sites for hydroxylation is 2. The van der Waals surface area contributed by atoms with E-state index in [9.17, 15) is 9.59 Å². The number of benzene rings is 2. The molecule has 2 rings (SSSR count). The predicted octanol–water partition coefficient (Wildman–Crippen LogP) is 3.49. The van der Waals surface area contributed by atoms with Gasteiger partial charge in [-0.15, -0.1) is 0 Å². The van der Waals surface area contributed by atoms with Gasteiger partial charge in [-0.05, 0) is 56.2 Å². The normalized spacial score (nSPS) is 10.2. The number of carbonyl (C=O) groups is 2. The maximum atomic E-state index is 12.1. The number of hydrogen-bond donors (Lipinski definition) is 3. The predicted molar refractivity (Wildman–Crippen MR) is 102 cm³/mol. The van der Waals surface area contributed by atoms with Crippen LogP contribution in [0, 0.1) is 13.8 Å². The van der Waals surface area contributed by atoms with E-state index in [1.807, 2.05) is 32.9 Å². The summed E-state index contributed by atoms with van der Waals surface area (Å²) in [7, 11) is 0. The van der Waals surface area contributed by atoms with Crippen molar-refractivity contribution in [3.8, 4) is 0 Å². The van der Waals surface area contributed by atoms with Gasteiger partial charge in [0.05, 0.1) is 6.54 Å². The summed E-state index contributed by atoms with van der Waals surface area (Å²) in [6.45, 7) is 6.89. The number of amides is 2. The van der Waals surface area contributed by atoms with Crippen molar-refractivity contribution in [2.75, 3.05) is 23.7 Å². The summed E-state index contributed by atoms with van der Waals surface area (Å²) >= 11 is 0. The molecule has 0 atom stereocenters. The standard InChI is InChI=1S/C20H25N3O2/c1-4-11-21-20(25)16-6-8-17(9-7-16)23-19(24)13-22-18-10-5-14(2)12-15(18)3/h5-10,12,22H,4,11,13H2,1-3H3,(H,21,25)(H,23,24). The molecule has 2 aromatic carbocycles. The molecule has 0 spiro atoms. The molecule has 0 saturated heterocycles. The fraction of sp³-hybridized carbons (Fsp3) is 0.300. The van der Waals surface area contributed by atoms with Crippen LogP contribution in [-0.4, -0.2) is 24.9 Å². The van der Waals surface area contributed by atoms with E-state index in [0.717, 1.165) is 17.7 Å². The zero-order chi connectivity index (χ0) is 18.2. The highest BCUT2D eigenvalue weighted by molar-refractivity contribution is 5.96. The van der Waals surface area contributed by atoms with Crippen LogP contribution in [0.4, 0.5) is 11.4 Å². The lowest BCUT2D eigenvalue weighted by atomic mass is 10.1. The van der Waals surface area contributed by atoms with E-state index in [0.29, 0.717) is 17.8 Å². The molecule has 0 unspecified atom stereocenters. The van der Waals surface area contributed by atoms with Gasteiger partial charge in [0.15, 0.2) is 0 Å².